The Morgan fingerprint density at radius 3 is 2.80 bits per heavy atom. The molecular formula is C13H18N2O4S. The third kappa shape index (κ3) is 2.51. The molecule has 0 amide bonds. The first-order chi connectivity index (χ1) is 9.37. The van der Waals surface area contributed by atoms with E-state index in [-0.39, 0.29) is 6.54 Å². The molecule has 1 atom stereocenters. The van der Waals surface area contributed by atoms with Gasteiger partial charge >= 0.3 is 5.97 Å². The van der Waals surface area contributed by atoms with Crippen LogP contribution in [0.25, 0.3) is 0 Å². The van der Waals surface area contributed by atoms with Gasteiger partial charge in [0, 0.05) is 18.8 Å². The monoisotopic (exact) mass is 298 g/mol. The number of esters is 1. The molecule has 110 valence electrons. The van der Waals surface area contributed by atoms with Crippen LogP contribution in [0.2, 0.25) is 0 Å². The van der Waals surface area contributed by atoms with Gasteiger partial charge in [0.15, 0.2) is 5.25 Å². The first kappa shape index (κ1) is 14.8. The number of nitrogens with two attached hydrogens (primary N) is 1. The molecule has 20 heavy (non-hydrogen) atoms. The van der Waals surface area contributed by atoms with E-state index in [0.717, 1.165) is 11.1 Å². The summed E-state index contributed by atoms with van der Waals surface area (Å²) in [5, 5.41) is -1.21. The third-order valence-corrected chi connectivity index (χ3v) is 5.73. The van der Waals surface area contributed by atoms with Gasteiger partial charge in [0.05, 0.1) is 7.11 Å². The first-order valence-electron chi connectivity index (χ1n) is 6.31. The molecular weight excluding hydrogens is 280 g/mol. The van der Waals surface area contributed by atoms with Gasteiger partial charge in [-0.2, -0.15) is 4.31 Å². The van der Waals surface area contributed by atoms with Crippen LogP contribution in [0.5, 0.6) is 0 Å². The topological polar surface area (TPSA) is 89.7 Å². The highest BCUT2D eigenvalue weighted by Gasteiger charge is 2.36. The Morgan fingerprint density at radius 1 is 1.45 bits per heavy atom. The van der Waals surface area contributed by atoms with E-state index in [1.54, 1.807) is 6.07 Å². The lowest BCUT2D eigenvalue weighted by Crippen LogP contribution is -2.44. The number of carbonyl (C=O) groups is 1. The molecule has 0 spiro atoms. The van der Waals surface area contributed by atoms with E-state index in [0.29, 0.717) is 18.7 Å². The number of hydrogen-bond acceptors (Lipinski definition) is 5. The maximum absolute atomic E-state index is 12.4. The Labute approximate surface area is 118 Å². The Balaban J connectivity index is 2.29. The quantitative estimate of drug-likeness (QED) is 0.649. The minimum absolute atomic E-state index is 0.200. The molecule has 6 nitrogen and oxygen atoms in total. The fourth-order valence-corrected chi connectivity index (χ4v) is 3.75. The fourth-order valence-electron chi connectivity index (χ4n) is 2.31. The summed E-state index contributed by atoms with van der Waals surface area (Å²) in [5.74, 6) is -0.753. The molecule has 0 bridgehead atoms. The number of nitrogens with zero attached hydrogens (tertiary/aromatic N) is 1. The van der Waals surface area contributed by atoms with Crippen molar-refractivity contribution in [1.82, 2.24) is 4.31 Å². The number of methoxy groups -OCH3 is 1. The second-order valence-electron chi connectivity index (χ2n) is 4.78. The predicted molar refractivity (Wildman–Crippen MR) is 75.4 cm³/mol. The van der Waals surface area contributed by atoms with Crippen molar-refractivity contribution in [2.75, 3.05) is 19.4 Å². The number of anilines is 1. The van der Waals surface area contributed by atoms with Gasteiger partial charge in [0.1, 0.15) is 0 Å². The Morgan fingerprint density at radius 2 is 2.15 bits per heavy atom. The van der Waals surface area contributed by atoms with Crippen molar-refractivity contribution in [3.8, 4) is 0 Å². The summed E-state index contributed by atoms with van der Waals surface area (Å²) in [6, 6.07) is 5.55. The molecule has 0 aliphatic carbocycles. The van der Waals surface area contributed by atoms with E-state index in [9.17, 15) is 13.2 Å². The summed E-state index contributed by atoms with van der Waals surface area (Å²) in [7, 11) is -2.55. The van der Waals surface area contributed by atoms with Crippen LogP contribution >= 0.6 is 0 Å². The lowest BCUT2D eigenvalue weighted by molar-refractivity contribution is -0.139. The summed E-state index contributed by atoms with van der Waals surface area (Å²) in [5.41, 5.74) is 8.35. The average molecular weight is 298 g/mol. The summed E-state index contributed by atoms with van der Waals surface area (Å²) in [4.78, 5) is 11.5. The van der Waals surface area contributed by atoms with Gasteiger partial charge in [0.2, 0.25) is 10.0 Å². The van der Waals surface area contributed by atoms with Crippen molar-refractivity contribution in [2.24, 2.45) is 0 Å². The number of benzene rings is 1. The second-order valence-corrected chi connectivity index (χ2v) is 7.03. The minimum Gasteiger partial charge on any atom is -0.468 e. The summed E-state index contributed by atoms with van der Waals surface area (Å²) in [6.45, 7) is 1.89. The number of rotatable bonds is 3. The molecule has 0 fully saturated rings. The number of sulfonamides is 1. The molecule has 7 heteroatoms. The average Bonchev–Trinajstić information content (AvgIpc) is 2.45. The lowest BCUT2D eigenvalue weighted by Gasteiger charge is -2.30. The largest absolute Gasteiger partial charge is 0.468 e. The van der Waals surface area contributed by atoms with Crippen molar-refractivity contribution < 1.29 is 17.9 Å². The predicted octanol–water partition coefficient (Wildman–Crippen LogP) is 0.518. The highest BCUT2D eigenvalue weighted by Crippen LogP contribution is 2.27. The van der Waals surface area contributed by atoms with Crippen LogP contribution in [-0.2, 0) is 32.5 Å². The third-order valence-electron chi connectivity index (χ3n) is 3.61. The molecule has 0 saturated heterocycles. The highest BCUT2D eigenvalue weighted by atomic mass is 32.2. The summed E-state index contributed by atoms with van der Waals surface area (Å²) in [6.07, 6.45) is 0.591. The van der Waals surface area contributed by atoms with Gasteiger partial charge in [-0.05, 0) is 30.5 Å². The fraction of sp³-hybridized carbons (Fsp3) is 0.462. The van der Waals surface area contributed by atoms with Crippen LogP contribution in [0.3, 0.4) is 0 Å². The number of ether oxygens (including phenoxy) is 1. The van der Waals surface area contributed by atoms with Crippen molar-refractivity contribution in [1.29, 1.82) is 0 Å². The van der Waals surface area contributed by atoms with Crippen molar-refractivity contribution in [2.45, 2.75) is 25.1 Å². The van der Waals surface area contributed by atoms with E-state index in [1.165, 1.54) is 18.3 Å². The van der Waals surface area contributed by atoms with E-state index in [1.807, 2.05) is 12.1 Å². The molecule has 2 rings (SSSR count). The summed E-state index contributed by atoms with van der Waals surface area (Å²) >= 11 is 0. The van der Waals surface area contributed by atoms with Gasteiger partial charge in [-0.25, -0.2) is 8.42 Å². The van der Waals surface area contributed by atoms with Gasteiger partial charge in [-0.1, -0.05) is 12.1 Å². The minimum atomic E-state index is -3.73. The van der Waals surface area contributed by atoms with Gasteiger partial charge in [-0.3, -0.25) is 4.79 Å². The summed E-state index contributed by atoms with van der Waals surface area (Å²) < 4.78 is 30.6. The SMILES string of the molecule is COC(=O)C(C)S(=O)(=O)N1CCc2cccc(N)c2C1. The molecule has 1 aromatic carbocycles. The highest BCUT2D eigenvalue weighted by molar-refractivity contribution is 7.90. The van der Waals surface area contributed by atoms with Crippen LogP contribution in [0.4, 0.5) is 5.69 Å². The van der Waals surface area contributed by atoms with E-state index < -0.39 is 21.2 Å². The van der Waals surface area contributed by atoms with E-state index in [2.05, 4.69) is 4.74 Å². The van der Waals surface area contributed by atoms with Crippen LogP contribution < -0.4 is 5.73 Å². The molecule has 0 aromatic heterocycles. The van der Waals surface area contributed by atoms with Crippen LogP contribution in [0, 0.1) is 0 Å². The van der Waals surface area contributed by atoms with Crippen LogP contribution in [-0.4, -0.2) is 37.6 Å². The maximum Gasteiger partial charge on any atom is 0.325 e. The Bertz CT molecular complexity index is 627. The second kappa shape index (κ2) is 5.41. The van der Waals surface area contributed by atoms with Crippen LogP contribution in [0.1, 0.15) is 18.1 Å². The zero-order valence-corrected chi connectivity index (χ0v) is 12.3. The van der Waals surface area contributed by atoms with Gasteiger partial charge in [0.25, 0.3) is 0 Å². The van der Waals surface area contributed by atoms with E-state index >= 15 is 0 Å². The molecule has 1 unspecified atom stereocenters. The standard InChI is InChI=1S/C13H18N2O4S/c1-9(13(16)19-2)20(17,18)15-7-6-10-4-3-5-12(14)11(10)8-15/h3-5,9H,6-8,14H2,1-2H3. The number of carbonyl (C=O) groups excluding carboxylic acids is 1. The molecule has 0 radical (unpaired) electrons. The smallest absolute Gasteiger partial charge is 0.325 e. The lowest BCUT2D eigenvalue weighted by atomic mass is 10.00. The Kier molecular flexibility index (Phi) is 4.01. The van der Waals surface area contributed by atoms with Crippen molar-refractivity contribution >= 4 is 21.7 Å². The number of hydrogen-bond donors (Lipinski definition) is 1. The first-order valence-corrected chi connectivity index (χ1v) is 7.81. The number of nitrogen functional groups attached to an aromatic ring is 1. The zero-order chi connectivity index (χ0) is 14.9. The van der Waals surface area contributed by atoms with Crippen LogP contribution in [0.15, 0.2) is 18.2 Å². The normalized spacial score (nSPS) is 17.3. The molecule has 0 saturated carbocycles. The molecule has 1 aromatic rings. The number of fused-ring (bicyclic) bond motifs is 1. The molecule has 2 N–H and O–H groups in total. The Hall–Kier alpha value is -1.60. The van der Waals surface area contributed by atoms with E-state index in [4.69, 9.17) is 5.73 Å². The van der Waals surface area contributed by atoms with Crippen molar-refractivity contribution in [3.05, 3.63) is 29.3 Å². The molecule has 1 heterocycles. The maximum atomic E-state index is 12.4. The molecule has 1 aliphatic rings. The molecule has 1 aliphatic heterocycles. The van der Waals surface area contributed by atoms with Gasteiger partial charge in [-0.15, -0.1) is 0 Å². The zero-order valence-electron chi connectivity index (χ0n) is 11.5. The van der Waals surface area contributed by atoms with Crippen molar-refractivity contribution in [3.63, 3.8) is 0 Å². The van der Waals surface area contributed by atoms with Gasteiger partial charge < -0.3 is 10.5 Å².